The van der Waals surface area contributed by atoms with Crippen LogP contribution in [0, 0.1) is 13.8 Å². The van der Waals surface area contributed by atoms with Crippen LogP contribution in [0.15, 0.2) is 42.5 Å². The Morgan fingerprint density at radius 1 is 1.14 bits per heavy atom. The van der Waals surface area contributed by atoms with Crippen LogP contribution in [0.25, 0.3) is 0 Å². The Hall–Kier alpha value is -2.54. The third-order valence-corrected chi connectivity index (χ3v) is 5.71. The molecule has 0 aliphatic carbocycles. The van der Waals surface area contributed by atoms with E-state index >= 15 is 0 Å². The van der Waals surface area contributed by atoms with Crippen LogP contribution >= 0.6 is 0 Å². The number of sulfonamides is 1. The summed E-state index contributed by atoms with van der Waals surface area (Å²) < 4.78 is 30.8. The highest BCUT2D eigenvalue weighted by molar-refractivity contribution is 7.92. The van der Waals surface area contributed by atoms with Crippen LogP contribution in [-0.4, -0.2) is 34.2 Å². The summed E-state index contributed by atoms with van der Waals surface area (Å²) in [7, 11) is -1.98. The third kappa shape index (κ3) is 5.48. The van der Waals surface area contributed by atoms with Gasteiger partial charge in [0.1, 0.15) is 12.3 Å². The number of benzene rings is 2. The maximum Gasteiger partial charge on any atom is 0.241 e. The number of amides is 1. The van der Waals surface area contributed by atoms with E-state index < -0.39 is 10.0 Å². The molecule has 0 aliphatic heterocycles. The van der Waals surface area contributed by atoms with Gasteiger partial charge in [0.15, 0.2) is 0 Å². The van der Waals surface area contributed by atoms with Gasteiger partial charge in [-0.15, -0.1) is 0 Å². The predicted octanol–water partition coefficient (Wildman–Crippen LogP) is 3.35. The largest absolute Gasteiger partial charge is 0.496 e. The second-order valence-electron chi connectivity index (χ2n) is 6.86. The molecule has 0 spiro atoms. The molecule has 0 saturated heterocycles. The molecule has 0 heterocycles. The maximum atomic E-state index is 12.6. The van der Waals surface area contributed by atoms with E-state index in [1.807, 2.05) is 51.1 Å². The first-order valence-electron chi connectivity index (χ1n) is 9.14. The first-order valence-corrected chi connectivity index (χ1v) is 11.0. The van der Waals surface area contributed by atoms with Gasteiger partial charge >= 0.3 is 0 Å². The zero-order valence-electron chi connectivity index (χ0n) is 17.0. The molecule has 2 rings (SSSR count). The molecule has 2 aromatic carbocycles. The fourth-order valence-corrected chi connectivity index (χ4v) is 3.88. The van der Waals surface area contributed by atoms with Crippen molar-refractivity contribution in [1.82, 2.24) is 5.32 Å². The molecular weight excluding hydrogens is 376 g/mol. The van der Waals surface area contributed by atoms with Crippen molar-refractivity contribution in [2.75, 3.05) is 24.2 Å². The van der Waals surface area contributed by atoms with Crippen molar-refractivity contribution in [2.24, 2.45) is 0 Å². The average molecular weight is 405 g/mol. The van der Waals surface area contributed by atoms with Gasteiger partial charge in [-0.1, -0.05) is 36.8 Å². The highest BCUT2D eigenvalue weighted by atomic mass is 32.2. The molecule has 28 heavy (non-hydrogen) atoms. The van der Waals surface area contributed by atoms with E-state index in [-0.39, 0.29) is 18.5 Å². The molecule has 0 bridgehead atoms. The minimum absolute atomic E-state index is 0.212. The van der Waals surface area contributed by atoms with E-state index in [0.717, 1.165) is 33.0 Å². The Bertz CT molecular complexity index is 924. The minimum Gasteiger partial charge on any atom is -0.496 e. The zero-order chi connectivity index (χ0) is 20.9. The lowest BCUT2D eigenvalue weighted by atomic mass is 10.0. The first-order chi connectivity index (χ1) is 13.2. The lowest BCUT2D eigenvalue weighted by Gasteiger charge is -2.24. The first kappa shape index (κ1) is 21.8. The van der Waals surface area contributed by atoms with Gasteiger partial charge in [0.05, 0.1) is 25.1 Å². The van der Waals surface area contributed by atoms with E-state index in [9.17, 15) is 13.2 Å². The topological polar surface area (TPSA) is 75.7 Å². The monoisotopic (exact) mass is 404 g/mol. The van der Waals surface area contributed by atoms with Gasteiger partial charge in [-0.2, -0.15) is 0 Å². The molecule has 7 heteroatoms. The number of hydrogen-bond acceptors (Lipinski definition) is 4. The van der Waals surface area contributed by atoms with Crippen LogP contribution in [0.4, 0.5) is 5.69 Å². The second kappa shape index (κ2) is 9.10. The summed E-state index contributed by atoms with van der Waals surface area (Å²) in [4.78, 5) is 12.6. The van der Waals surface area contributed by atoms with E-state index in [1.165, 1.54) is 0 Å². The van der Waals surface area contributed by atoms with Crippen molar-refractivity contribution in [3.05, 3.63) is 59.2 Å². The van der Waals surface area contributed by atoms with Gasteiger partial charge in [0.25, 0.3) is 0 Å². The Balaban J connectivity index is 2.18. The summed E-state index contributed by atoms with van der Waals surface area (Å²) in [6, 6.07) is 12.6. The number of aryl methyl sites for hydroxylation is 2. The number of hydrogen-bond donors (Lipinski definition) is 1. The van der Waals surface area contributed by atoms with Gasteiger partial charge < -0.3 is 10.1 Å². The van der Waals surface area contributed by atoms with Crippen LogP contribution in [0.2, 0.25) is 0 Å². The van der Waals surface area contributed by atoms with Crippen LogP contribution < -0.4 is 14.4 Å². The Morgan fingerprint density at radius 2 is 1.79 bits per heavy atom. The maximum absolute atomic E-state index is 12.6. The quantitative estimate of drug-likeness (QED) is 0.732. The van der Waals surface area contributed by atoms with E-state index in [4.69, 9.17) is 4.74 Å². The van der Waals surface area contributed by atoms with Crippen molar-refractivity contribution in [1.29, 1.82) is 0 Å². The number of carbonyl (C=O) groups is 1. The molecule has 0 fully saturated rings. The molecule has 152 valence electrons. The average Bonchev–Trinajstić information content (AvgIpc) is 2.64. The lowest BCUT2D eigenvalue weighted by molar-refractivity contribution is -0.120. The molecule has 1 N–H and O–H groups in total. The number of nitrogens with one attached hydrogen (secondary N) is 1. The summed E-state index contributed by atoms with van der Waals surface area (Å²) in [6.07, 6.45) is 1.78. The summed E-state index contributed by atoms with van der Waals surface area (Å²) in [5.41, 5.74) is 3.42. The number of nitrogens with zero attached hydrogens (tertiary/aromatic N) is 1. The lowest BCUT2D eigenvalue weighted by Crippen LogP contribution is -2.41. The van der Waals surface area contributed by atoms with Gasteiger partial charge in [-0.3, -0.25) is 9.10 Å². The number of carbonyl (C=O) groups excluding carboxylic acids is 1. The van der Waals surface area contributed by atoms with Crippen molar-refractivity contribution in [2.45, 2.75) is 33.2 Å². The molecule has 2 aromatic rings. The fourth-order valence-electron chi connectivity index (χ4n) is 3.02. The van der Waals surface area contributed by atoms with E-state index in [1.54, 1.807) is 19.2 Å². The number of anilines is 1. The van der Waals surface area contributed by atoms with Gasteiger partial charge in [-0.05, 0) is 49.6 Å². The summed E-state index contributed by atoms with van der Waals surface area (Å²) in [5.74, 6) is 0.430. The molecule has 0 saturated carbocycles. The molecule has 0 aliphatic rings. The SMILES string of the molecule is CC[C@@H](NC(=O)CN(c1ccc(C)cc1)S(C)(=O)=O)c1ccc(OC)c(C)c1. The van der Waals surface area contributed by atoms with Gasteiger partial charge in [-0.25, -0.2) is 8.42 Å². The molecule has 1 atom stereocenters. The van der Waals surface area contributed by atoms with Crippen molar-refractivity contribution in [3.8, 4) is 5.75 Å². The highest BCUT2D eigenvalue weighted by Gasteiger charge is 2.22. The van der Waals surface area contributed by atoms with Crippen molar-refractivity contribution < 1.29 is 17.9 Å². The minimum atomic E-state index is -3.59. The van der Waals surface area contributed by atoms with Crippen molar-refractivity contribution >= 4 is 21.6 Å². The summed E-state index contributed by atoms with van der Waals surface area (Å²) in [6.45, 7) is 5.57. The molecule has 1 amide bonds. The number of methoxy groups -OCH3 is 1. The summed E-state index contributed by atoms with van der Waals surface area (Å²) >= 11 is 0. The fraction of sp³-hybridized carbons (Fsp3) is 0.381. The second-order valence-corrected chi connectivity index (χ2v) is 8.77. The van der Waals surface area contributed by atoms with E-state index in [0.29, 0.717) is 12.1 Å². The Labute approximate surface area is 167 Å². The third-order valence-electron chi connectivity index (χ3n) is 4.57. The van der Waals surface area contributed by atoms with Crippen molar-refractivity contribution in [3.63, 3.8) is 0 Å². The van der Waals surface area contributed by atoms with Gasteiger partial charge in [0, 0.05) is 0 Å². The van der Waals surface area contributed by atoms with Crippen LogP contribution in [0.1, 0.15) is 36.1 Å². The molecule has 0 unspecified atom stereocenters. The zero-order valence-corrected chi connectivity index (χ0v) is 17.8. The highest BCUT2D eigenvalue weighted by Crippen LogP contribution is 2.24. The van der Waals surface area contributed by atoms with Crippen LogP contribution in [0.5, 0.6) is 5.75 Å². The standard InChI is InChI=1S/C21H28N2O4S/c1-6-19(17-9-12-20(27-4)16(3)13-17)22-21(24)14-23(28(5,25)26)18-10-7-15(2)8-11-18/h7-13,19H,6,14H2,1-5H3,(H,22,24)/t19-/m1/s1. The predicted molar refractivity (Wildman–Crippen MR) is 112 cm³/mol. The molecule has 6 nitrogen and oxygen atoms in total. The number of rotatable bonds is 8. The molecule has 0 aromatic heterocycles. The van der Waals surface area contributed by atoms with Gasteiger partial charge in [0.2, 0.25) is 15.9 Å². The smallest absolute Gasteiger partial charge is 0.241 e. The summed E-state index contributed by atoms with van der Waals surface area (Å²) in [5, 5.41) is 2.95. The van der Waals surface area contributed by atoms with Crippen LogP contribution in [0.3, 0.4) is 0 Å². The normalized spacial score (nSPS) is 12.3. The number of ether oxygens (including phenoxy) is 1. The Kier molecular flexibility index (Phi) is 7.07. The van der Waals surface area contributed by atoms with Crippen LogP contribution in [-0.2, 0) is 14.8 Å². The molecular formula is C21H28N2O4S. The Morgan fingerprint density at radius 3 is 2.29 bits per heavy atom. The van der Waals surface area contributed by atoms with E-state index in [2.05, 4.69) is 5.32 Å². The molecule has 0 radical (unpaired) electrons.